The van der Waals surface area contributed by atoms with Gasteiger partial charge in [0, 0.05) is 30.1 Å². The Morgan fingerprint density at radius 2 is 2.12 bits per heavy atom. The summed E-state index contributed by atoms with van der Waals surface area (Å²) in [5.74, 6) is 0.0844. The Bertz CT molecular complexity index is 810. The van der Waals surface area contributed by atoms with Crippen molar-refractivity contribution < 1.29 is 9.59 Å². The lowest BCUT2D eigenvalue weighted by atomic mass is 9.85. The van der Waals surface area contributed by atoms with E-state index in [1.54, 1.807) is 11.9 Å². The smallest absolute Gasteiger partial charge is 0.236 e. The zero-order valence-corrected chi connectivity index (χ0v) is 15.2. The molecule has 1 aliphatic rings. The van der Waals surface area contributed by atoms with E-state index in [1.807, 2.05) is 44.4 Å². The zero-order chi connectivity index (χ0) is 17.5. The van der Waals surface area contributed by atoms with Crippen LogP contribution in [-0.2, 0) is 15.0 Å². The van der Waals surface area contributed by atoms with Crippen LogP contribution in [0.1, 0.15) is 39.2 Å². The number of anilines is 2. The van der Waals surface area contributed by atoms with Crippen LogP contribution in [0.5, 0.6) is 0 Å². The molecule has 1 N–H and O–H groups in total. The van der Waals surface area contributed by atoms with Crippen molar-refractivity contribution >= 4 is 34.0 Å². The maximum absolute atomic E-state index is 12.4. The number of likely N-dealkylation sites (N-methyl/N-ethyl adjacent to an activating group) is 1. The quantitative estimate of drug-likeness (QED) is 0.918. The molecule has 5 nitrogen and oxygen atoms in total. The van der Waals surface area contributed by atoms with Gasteiger partial charge in [0.15, 0.2) is 5.13 Å². The highest BCUT2D eigenvalue weighted by Crippen LogP contribution is 2.42. The molecule has 2 amide bonds. The van der Waals surface area contributed by atoms with E-state index < -0.39 is 5.41 Å². The monoisotopic (exact) mass is 343 g/mol. The second kappa shape index (κ2) is 6.02. The highest BCUT2D eigenvalue weighted by Gasteiger charge is 2.42. The summed E-state index contributed by atoms with van der Waals surface area (Å²) in [4.78, 5) is 30.3. The van der Waals surface area contributed by atoms with Crippen LogP contribution in [0, 0.1) is 0 Å². The third kappa shape index (κ3) is 2.71. The largest absolute Gasteiger partial charge is 0.314 e. The second-order valence-electron chi connectivity index (χ2n) is 6.56. The molecule has 0 aliphatic carbocycles. The van der Waals surface area contributed by atoms with E-state index >= 15 is 0 Å². The van der Waals surface area contributed by atoms with Crippen molar-refractivity contribution in [3.05, 3.63) is 29.1 Å². The van der Waals surface area contributed by atoms with Crippen LogP contribution in [0.3, 0.4) is 0 Å². The van der Waals surface area contributed by atoms with Gasteiger partial charge >= 0.3 is 0 Å². The predicted molar refractivity (Wildman–Crippen MR) is 97.5 cm³/mol. The van der Waals surface area contributed by atoms with Crippen molar-refractivity contribution in [2.24, 2.45) is 0 Å². The fourth-order valence-electron chi connectivity index (χ4n) is 3.00. The van der Waals surface area contributed by atoms with Gasteiger partial charge in [-0.05, 0) is 38.0 Å². The zero-order valence-electron chi connectivity index (χ0n) is 14.3. The maximum atomic E-state index is 12.4. The Morgan fingerprint density at radius 1 is 1.38 bits per heavy atom. The van der Waals surface area contributed by atoms with E-state index in [0.29, 0.717) is 11.6 Å². The molecule has 1 aromatic carbocycles. The summed E-state index contributed by atoms with van der Waals surface area (Å²) in [5.41, 5.74) is 3.19. The Hall–Kier alpha value is -2.21. The molecule has 0 fully saturated rings. The average Bonchev–Trinajstić information content (AvgIpc) is 3.06. The number of nitrogens with zero attached hydrogens (tertiary/aromatic N) is 2. The van der Waals surface area contributed by atoms with Gasteiger partial charge in [-0.2, -0.15) is 0 Å². The minimum atomic E-state index is -0.533. The van der Waals surface area contributed by atoms with Gasteiger partial charge in [0.1, 0.15) is 0 Å². The first kappa shape index (κ1) is 16.6. The Balaban J connectivity index is 1.90. The van der Waals surface area contributed by atoms with Crippen LogP contribution in [0.4, 0.5) is 10.8 Å². The van der Waals surface area contributed by atoms with Crippen LogP contribution in [0.15, 0.2) is 23.6 Å². The Morgan fingerprint density at radius 3 is 2.83 bits per heavy atom. The van der Waals surface area contributed by atoms with Gasteiger partial charge in [-0.1, -0.05) is 13.0 Å². The summed E-state index contributed by atoms with van der Waals surface area (Å²) in [6, 6.07) is 5.96. The molecule has 0 atom stereocenters. The van der Waals surface area contributed by atoms with Gasteiger partial charge in [0.2, 0.25) is 11.8 Å². The third-order valence-electron chi connectivity index (χ3n) is 4.39. The Labute approximate surface area is 145 Å². The fourth-order valence-corrected chi connectivity index (χ4v) is 3.74. The summed E-state index contributed by atoms with van der Waals surface area (Å²) >= 11 is 1.41. The standard InChI is InChI=1S/C18H21N3O2S/c1-5-6-15(22)20-17-19-13(10-24-17)11-7-8-14-12(9-11)18(2,3)16(23)21(14)4/h7-10H,5-6H2,1-4H3,(H,19,20,22). The molecule has 0 saturated heterocycles. The second-order valence-corrected chi connectivity index (χ2v) is 7.42. The molecule has 6 heteroatoms. The first-order chi connectivity index (χ1) is 11.3. The molecule has 0 bridgehead atoms. The van der Waals surface area contributed by atoms with Gasteiger partial charge < -0.3 is 10.2 Å². The lowest BCUT2D eigenvalue weighted by Gasteiger charge is -2.16. The number of fused-ring (bicyclic) bond motifs is 1. The minimum Gasteiger partial charge on any atom is -0.314 e. The first-order valence-electron chi connectivity index (χ1n) is 8.03. The SMILES string of the molecule is CCCC(=O)Nc1nc(-c2ccc3c(c2)C(C)(C)C(=O)N3C)cs1. The van der Waals surface area contributed by atoms with E-state index in [-0.39, 0.29) is 11.8 Å². The summed E-state index contributed by atoms with van der Waals surface area (Å²) in [6.45, 7) is 5.86. The van der Waals surface area contributed by atoms with Gasteiger partial charge in [0.05, 0.1) is 11.1 Å². The highest BCUT2D eigenvalue weighted by atomic mass is 32.1. The molecule has 24 heavy (non-hydrogen) atoms. The van der Waals surface area contributed by atoms with E-state index in [1.165, 1.54) is 11.3 Å². The number of rotatable bonds is 4. The average molecular weight is 343 g/mol. The van der Waals surface area contributed by atoms with Crippen LogP contribution in [-0.4, -0.2) is 23.8 Å². The van der Waals surface area contributed by atoms with Gasteiger partial charge in [-0.25, -0.2) is 4.98 Å². The third-order valence-corrected chi connectivity index (χ3v) is 5.15. The maximum Gasteiger partial charge on any atom is 0.236 e. The lowest BCUT2D eigenvalue weighted by molar-refractivity contribution is -0.121. The molecule has 126 valence electrons. The van der Waals surface area contributed by atoms with Crippen LogP contribution >= 0.6 is 11.3 Å². The van der Waals surface area contributed by atoms with E-state index in [0.717, 1.165) is 28.9 Å². The van der Waals surface area contributed by atoms with Crippen molar-refractivity contribution in [2.75, 3.05) is 17.3 Å². The topological polar surface area (TPSA) is 62.3 Å². The van der Waals surface area contributed by atoms with Crippen molar-refractivity contribution in [2.45, 2.75) is 39.0 Å². The molecule has 0 radical (unpaired) electrons. The molecule has 3 rings (SSSR count). The molecular weight excluding hydrogens is 322 g/mol. The van der Waals surface area contributed by atoms with Gasteiger partial charge in [0.25, 0.3) is 0 Å². The van der Waals surface area contributed by atoms with Crippen LogP contribution in [0.25, 0.3) is 11.3 Å². The van der Waals surface area contributed by atoms with E-state index in [2.05, 4.69) is 10.3 Å². The predicted octanol–water partition coefficient (Wildman–Crippen LogP) is 3.80. The lowest BCUT2D eigenvalue weighted by Crippen LogP contribution is -2.33. The van der Waals surface area contributed by atoms with Crippen molar-refractivity contribution in [3.63, 3.8) is 0 Å². The normalized spacial score (nSPS) is 15.5. The molecule has 0 unspecified atom stereocenters. The van der Waals surface area contributed by atoms with Crippen molar-refractivity contribution in [1.82, 2.24) is 4.98 Å². The van der Waals surface area contributed by atoms with E-state index in [9.17, 15) is 9.59 Å². The number of nitrogens with one attached hydrogen (secondary N) is 1. The minimum absolute atomic E-state index is 0.0132. The number of aromatic nitrogens is 1. The van der Waals surface area contributed by atoms with Gasteiger partial charge in [-0.15, -0.1) is 11.3 Å². The first-order valence-corrected chi connectivity index (χ1v) is 8.91. The summed E-state index contributed by atoms with van der Waals surface area (Å²) in [6.07, 6.45) is 1.31. The Kier molecular flexibility index (Phi) is 4.17. The number of thiazole rings is 1. The molecule has 0 saturated carbocycles. The van der Waals surface area contributed by atoms with E-state index in [4.69, 9.17) is 0 Å². The number of carbonyl (C=O) groups excluding carboxylic acids is 2. The molecule has 1 aliphatic heterocycles. The highest BCUT2D eigenvalue weighted by molar-refractivity contribution is 7.14. The van der Waals surface area contributed by atoms with Crippen molar-refractivity contribution in [3.8, 4) is 11.3 Å². The molecule has 2 aromatic rings. The molecule has 0 spiro atoms. The number of benzene rings is 1. The summed E-state index contributed by atoms with van der Waals surface area (Å²) < 4.78 is 0. The number of hydrogen-bond acceptors (Lipinski definition) is 4. The molecular formula is C18H21N3O2S. The number of hydrogen-bond donors (Lipinski definition) is 1. The van der Waals surface area contributed by atoms with Gasteiger partial charge in [-0.3, -0.25) is 9.59 Å². The molecule has 1 aromatic heterocycles. The van der Waals surface area contributed by atoms with Crippen LogP contribution in [0.2, 0.25) is 0 Å². The number of carbonyl (C=O) groups is 2. The summed E-state index contributed by atoms with van der Waals surface area (Å²) in [7, 11) is 1.81. The fraction of sp³-hybridized carbons (Fsp3) is 0.389. The summed E-state index contributed by atoms with van der Waals surface area (Å²) in [5, 5.41) is 5.36. The van der Waals surface area contributed by atoms with Crippen LogP contribution < -0.4 is 10.2 Å². The number of amides is 2. The van der Waals surface area contributed by atoms with Crippen molar-refractivity contribution in [1.29, 1.82) is 0 Å². The molecule has 2 heterocycles.